The highest BCUT2D eigenvalue weighted by Gasteiger charge is 2.21. The minimum atomic E-state index is -0.538. The highest BCUT2D eigenvalue weighted by Crippen LogP contribution is 2.20. The van der Waals surface area contributed by atoms with E-state index in [1.165, 1.54) is 11.3 Å². The molecule has 0 aliphatic heterocycles. The number of hydrogen-bond donors (Lipinski definition) is 2. The van der Waals surface area contributed by atoms with Gasteiger partial charge in [0.1, 0.15) is 0 Å². The van der Waals surface area contributed by atoms with E-state index in [4.69, 9.17) is 4.74 Å². The van der Waals surface area contributed by atoms with E-state index < -0.39 is 6.04 Å². The van der Waals surface area contributed by atoms with Gasteiger partial charge in [0, 0.05) is 11.3 Å². The topological polar surface area (TPSA) is 84.5 Å². The molecular formula is C24H24N2O4S. The van der Waals surface area contributed by atoms with Gasteiger partial charge in [-0.1, -0.05) is 42.5 Å². The van der Waals surface area contributed by atoms with Crippen LogP contribution in [0.2, 0.25) is 0 Å². The lowest BCUT2D eigenvalue weighted by Crippen LogP contribution is -2.31. The summed E-state index contributed by atoms with van der Waals surface area (Å²) in [5.41, 5.74) is 1.70. The SMILES string of the molecule is CC(C)OC(=O)CC(NC(=O)c1cccc(NC(=O)c2cccs2)c1)c1ccccc1. The number of amides is 2. The maximum Gasteiger partial charge on any atom is 0.308 e. The second-order valence-electron chi connectivity index (χ2n) is 7.19. The third-order valence-corrected chi connectivity index (χ3v) is 5.24. The number of carbonyl (C=O) groups is 3. The van der Waals surface area contributed by atoms with Crippen molar-refractivity contribution in [2.75, 3.05) is 5.32 Å². The van der Waals surface area contributed by atoms with Gasteiger partial charge in [0.2, 0.25) is 0 Å². The fourth-order valence-corrected chi connectivity index (χ4v) is 3.61. The van der Waals surface area contributed by atoms with Crippen molar-refractivity contribution in [3.05, 3.63) is 88.1 Å². The average Bonchev–Trinajstić information content (AvgIpc) is 3.28. The molecule has 0 bridgehead atoms. The molecule has 2 aromatic carbocycles. The van der Waals surface area contributed by atoms with E-state index in [-0.39, 0.29) is 30.3 Å². The number of ether oxygens (including phenoxy) is 1. The normalized spacial score (nSPS) is 11.6. The van der Waals surface area contributed by atoms with E-state index in [9.17, 15) is 14.4 Å². The van der Waals surface area contributed by atoms with Crippen LogP contribution in [0, 0.1) is 0 Å². The van der Waals surface area contributed by atoms with Crippen LogP contribution in [0.15, 0.2) is 72.1 Å². The van der Waals surface area contributed by atoms with Gasteiger partial charge in [0.25, 0.3) is 11.8 Å². The lowest BCUT2D eigenvalue weighted by atomic mass is 10.0. The lowest BCUT2D eigenvalue weighted by molar-refractivity contribution is -0.147. The van der Waals surface area contributed by atoms with Crippen LogP contribution in [0.3, 0.4) is 0 Å². The van der Waals surface area contributed by atoms with Crippen molar-refractivity contribution < 1.29 is 19.1 Å². The molecule has 6 nitrogen and oxygen atoms in total. The summed E-state index contributed by atoms with van der Waals surface area (Å²) in [7, 11) is 0. The number of thiophene rings is 1. The molecule has 2 N–H and O–H groups in total. The summed E-state index contributed by atoms with van der Waals surface area (Å²) < 4.78 is 5.25. The van der Waals surface area contributed by atoms with Gasteiger partial charge < -0.3 is 15.4 Å². The molecule has 31 heavy (non-hydrogen) atoms. The Balaban J connectivity index is 1.73. The van der Waals surface area contributed by atoms with E-state index >= 15 is 0 Å². The first kappa shape index (κ1) is 22.2. The standard InChI is InChI=1S/C24H24N2O4S/c1-16(2)30-22(27)15-20(17-8-4-3-5-9-17)26-23(28)18-10-6-11-19(14-18)25-24(29)21-12-7-13-31-21/h3-14,16,20H,15H2,1-2H3,(H,25,29)(H,26,28). The molecule has 1 unspecified atom stereocenters. The zero-order valence-corrected chi connectivity index (χ0v) is 18.1. The van der Waals surface area contributed by atoms with Gasteiger partial charge in [-0.15, -0.1) is 11.3 Å². The maximum atomic E-state index is 12.9. The number of hydrogen-bond acceptors (Lipinski definition) is 5. The smallest absolute Gasteiger partial charge is 0.308 e. The van der Waals surface area contributed by atoms with Crippen LogP contribution in [0.1, 0.15) is 51.9 Å². The molecule has 0 radical (unpaired) electrons. The number of carbonyl (C=O) groups excluding carboxylic acids is 3. The molecule has 3 rings (SSSR count). The molecule has 3 aromatic rings. The van der Waals surface area contributed by atoms with Gasteiger partial charge in [-0.2, -0.15) is 0 Å². The predicted octanol–water partition coefficient (Wildman–Crippen LogP) is 4.81. The van der Waals surface area contributed by atoms with E-state index in [0.717, 1.165) is 5.56 Å². The fourth-order valence-electron chi connectivity index (χ4n) is 3.00. The fraction of sp³-hybridized carbons (Fsp3) is 0.208. The highest BCUT2D eigenvalue weighted by molar-refractivity contribution is 7.12. The van der Waals surface area contributed by atoms with Crippen LogP contribution in [0.4, 0.5) is 5.69 Å². The number of nitrogens with one attached hydrogen (secondary N) is 2. The van der Waals surface area contributed by atoms with E-state index in [1.807, 2.05) is 35.7 Å². The largest absolute Gasteiger partial charge is 0.463 e. The molecule has 160 valence electrons. The molecule has 0 fully saturated rings. The second-order valence-corrected chi connectivity index (χ2v) is 8.14. The molecule has 1 aromatic heterocycles. The number of anilines is 1. The van der Waals surface area contributed by atoms with Crippen molar-refractivity contribution in [2.24, 2.45) is 0 Å². The van der Waals surface area contributed by atoms with Gasteiger partial charge in [-0.3, -0.25) is 14.4 Å². The molecule has 2 amide bonds. The van der Waals surface area contributed by atoms with Gasteiger partial charge in [0.05, 0.1) is 23.4 Å². The molecule has 0 spiro atoms. The average molecular weight is 437 g/mol. The summed E-state index contributed by atoms with van der Waals surface area (Å²) in [4.78, 5) is 38.0. The minimum absolute atomic E-state index is 0.0166. The minimum Gasteiger partial charge on any atom is -0.463 e. The predicted molar refractivity (Wildman–Crippen MR) is 121 cm³/mol. The molecule has 0 aliphatic carbocycles. The Morgan fingerprint density at radius 3 is 2.39 bits per heavy atom. The lowest BCUT2D eigenvalue weighted by Gasteiger charge is -2.19. The van der Waals surface area contributed by atoms with Gasteiger partial charge in [-0.25, -0.2) is 0 Å². The zero-order chi connectivity index (χ0) is 22.2. The van der Waals surface area contributed by atoms with Crippen molar-refractivity contribution in [1.82, 2.24) is 5.32 Å². The first-order valence-corrected chi connectivity index (χ1v) is 10.8. The third-order valence-electron chi connectivity index (χ3n) is 4.37. The first-order valence-electron chi connectivity index (χ1n) is 9.92. The molecule has 0 saturated carbocycles. The summed E-state index contributed by atoms with van der Waals surface area (Å²) in [5, 5.41) is 7.53. The molecule has 7 heteroatoms. The Labute approximate surface area is 185 Å². The molecule has 1 atom stereocenters. The Kier molecular flexibility index (Phi) is 7.56. The van der Waals surface area contributed by atoms with Crippen molar-refractivity contribution in [3.8, 4) is 0 Å². The van der Waals surface area contributed by atoms with Gasteiger partial charge in [-0.05, 0) is 49.1 Å². The summed E-state index contributed by atoms with van der Waals surface area (Å²) in [6.07, 6.45) is -0.216. The Bertz CT molecular complexity index is 1030. The quantitative estimate of drug-likeness (QED) is 0.496. The summed E-state index contributed by atoms with van der Waals surface area (Å²) >= 11 is 1.34. The van der Waals surface area contributed by atoms with Crippen molar-refractivity contribution >= 4 is 34.8 Å². The monoisotopic (exact) mass is 436 g/mol. The maximum absolute atomic E-state index is 12.9. The number of rotatable bonds is 8. The van der Waals surface area contributed by atoms with E-state index in [1.54, 1.807) is 50.2 Å². The zero-order valence-electron chi connectivity index (χ0n) is 17.3. The second kappa shape index (κ2) is 10.5. The Hall–Kier alpha value is -3.45. The molecular weight excluding hydrogens is 412 g/mol. The molecule has 0 aliphatic rings. The summed E-state index contributed by atoms with van der Waals surface area (Å²) in [5.74, 6) is -0.967. The van der Waals surface area contributed by atoms with Crippen LogP contribution < -0.4 is 10.6 Å². The van der Waals surface area contributed by atoms with Gasteiger partial charge in [0.15, 0.2) is 0 Å². The van der Waals surface area contributed by atoms with Crippen LogP contribution >= 0.6 is 11.3 Å². The number of esters is 1. The summed E-state index contributed by atoms with van der Waals surface area (Å²) in [6.45, 7) is 3.56. The molecule has 0 saturated heterocycles. The third kappa shape index (κ3) is 6.52. The Morgan fingerprint density at radius 1 is 0.935 bits per heavy atom. The van der Waals surface area contributed by atoms with Crippen LogP contribution in [-0.2, 0) is 9.53 Å². The van der Waals surface area contributed by atoms with Crippen LogP contribution in [0.25, 0.3) is 0 Å². The van der Waals surface area contributed by atoms with E-state index in [0.29, 0.717) is 16.1 Å². The van der Waals surface area contributed by atoms with Crippen LogP contribution in [0.5, 0.6) is 0 Å². The number of benzene rings is 2. The van der Waals surface area contributed by atoms with Crippen molar-refractivity contribution in [1.29, 1.82) is 0 Å². The van der Waals surface area contributed by atoms with Crippen molar-refractivity contribution in [3.63, 3.8) is 0 Å². The molecule has 1 heterocycles. The van der Waals surface area contributed by atoms with E-state index in [2.05, 4.69) is 10.6 Å². The highest BCUT2D eigenvalue weighted by atomic mass is 32.1. The summed E-state index contributed by atoms with van der Waals surface area (Å²) in [6, 6.07) is 19.0. The van der Waals surface area contributed by atoms with Crippen LogP contribution in [-0.4, -0.2) is 23.9 Å². The van der Waals surface area contributed by atoms with Gasteiger partial charge >= 0.3 is 5.97 Å². The first-order chi connectivity index (χ1) is 14.9. The van der Waals surface area contributed by atoms with Crippen molar-refractivity contribution in [2.45, 2.75) is 32.4 Å². The Morgan fingerprint density at radius 2 is 1.71 bits per heavy atom.